The summed E-state index contributed by atoms with van der Waals surface area (Å²) in [5, 5.41) is 17.8. The van der Waals surface area contributed by atoms with Crippen LogP contribution in [0.4, 0.5) is 0 Å². The third kappa shape index (κ3) is 6.50. The van der Waals surface area contributed by atoms with Crippen LogP contribution in [-0.2, 0) is 16.1 Å². The van der Waals surface area contributed by atoms with Gasteiger partial charge in [0.05, 0.1) is 19.3 Å². The van der Waals surface area contributed by atoms with Crippen LogP contribution in [-0.4, -0.2) is 28.9 Å². The first-order valence-corrected chi connectivity index (χ1v) is 5.37. The largest absolute Gasteiger partial charge is 0.478 e. The molecule has 0 unspecified atom stereocenters. The fourth-order valence-corrected chi connectivity index (χ4v) is 1.28. The topological polar surface area (TPSA) is 66.8 Å². The molecule has 0 amide bonds. The van der Waals surface area contributed by atoms with Gasteiger partial charge in [-0.2, -0.15) is 0 Å². The number of rotatable bonds is 7. The average Bonchev–Trinajstić information content (AvgIpc) is 2.30. The third-order valence-corrected chi connectivity index (χ3v) is 2.09. The molecule has 0 bridgehead atoms. The number of hydrogen-bond donors (Lipinski definition) is 2. The van der Waals surface area contributed by atoms with Gasteiger partial charge in [-0.25, -0.2) is 4.79 Å². The highest BCUT2D eigenvalue weighted by Gasteiger charge is 2.02. The summed E-state index contributed by atoms with van der Waals surface area (Å²) in [5.41, 5.74) is 1.04. The number of hydrogen-bond acceptors (Lipinski definition) is 3. The molecule has 0 saturated heterocycles. The second-order valence-corrected chi connectivity index (χ2v) is 3.63. The van der Waals surface area contributed by atoms with Crippen LogP contribution in [0.5, 0.6) is 0 Å². The van der Waals surface area contributed by atoms with E-state index in [2.05, 4.69) is 0 Å². The Morgan fingerprint density at radius 3 is 2.71 bits per heavy atom. The number of carboxylic acids is 1. The molecule has 0 aliphatic rings. The van der Waals surface area contributed by atoms with Gasteiger partial charge in [0.2, 0.25) is 0 Å². The van der Waals surface area contributed by atoms with E-state index in [0.717, 1.165) is 11.6 Å². The second kappa shape index (κ2) is 7.60. The van der Waals surface area contributed by atoms with Crippen LogP contribution >= 0.6 is 0 Å². The second-order valence-electron chi connectivity index (χ2n) is 3.63. The van der Waals surface area contributed by atoms with Gasteiger partial charge in [-0.1, -0.05) is 36.4 Å². The SMILES string of the molecule is O=C(O)C=CC[C@H](O)COCc1ccccc1. The number of aliphatic carboxylic acids is 1. The summed E-state index contributed by atoms with van der Waals surface area (Å²) in [6.07, 6.45) is 2.04. The molecule has 0 fully saturated rings. The lowest BCUT2D eigenvalue weighted by molar-refractivity contribution is -0.131. The Labute approximate surface area is 100 Å². The van der Waals surface area contributed by atoms with Crippen molar-refractivity contribution in [2.24, 2.45) is 0 Å². The highest BCUT2D eigenvalue weighted by atomic mass is 16.5. The van der Waals surface area contributed by atoms with Crippen molar-refractivity contribution in [2.75, 3.05) is 6.61 Å². The molecule has 4 heteroatoms. The fraction of sp³-hybridized carbons (Fsp3) is 0.308. The van der Waals surface area contributed by atoms with Crippen molar-refractivity contribution in [3.63, 3.8) is 0 Å². The summed E-state index contributed by atoms with van der Waals surface area (Å²) in [6, 6.07) is 9.65. The summed E-state index contributed by atoms with van der Waals surface area (Å²) < 4.78 is 5.31. The molecule has 0 spiro atoms. The van der Waals surface area contributed by atoms with Gasteiger partial charge < -0.3 is 14.9 Å². The summed E-state index contributed by atoms with van der Waals surface area (Å²) in [7, 11) is 0. The normalized spacial score (nSPS) is 12.8. The molecule has 0 radical (unpaired) electrons. The van der Waals surface area contributed by atoms with Crippen molar-refractivity contribution < 1.29 is 19.7 Å². The molecule has 0 aliphatic carbocycles. The van der Waals surface area contributed by atoms with Crippen LogP contribution in [0.1, 0.15) is 12.0 Å². The van der Waals surface area contributed by atoms with E-state index in [1.165, 1.54) is 6.08 Å². The van der Waals surface area contributed by atoms with E-state index in [1.54, 1.807) is 0 Å². The Morgan fingerprint density at radius 1 is 1.35 bits per heavy atom. The van der Waals surface area contributed by atoms with E-state index in [-0.39, 0.29) is 13.0 Å². The summed E-state index contributed by atoms with van der Waals surface area (Å²) >= 11 is 0. The first-order chi connectivity index (χ1) is 8.18. The van der Waals surface area contributed by atoms with Crippen LogP contribution in [0, 0.1) is 0 Å². The molecule has 0 aromatic heterocycles. The van der Waals surface area contributed by atoms with Crippen LogP contribution in [0.25, 0.3) is 0 Å². The van der Waals surface area contributed by atoms with Gasteiger partial charge in [0.15, 0.2) is 0 Å². The number of aliphatic hydroxyl groups is 1. The van der Waals surface area contributed by atoms with E-state index >= 15 is 0 Å². The van der Waals surface area contributed by atoms with E-state index < -0.39 is 12.1 Å². The van der Waals surface area contributed by atoms with Crippen molar-refractivity contribution >= 4 is 5.97 Å². The molecule has 2 N–H and O–H groups in total. The molecule has 0 heterocycles. The van der Waals surface area contributed by atoms with Crippen molar-refractivity contribution in [3.8, 4) is 0 Å². The van der Waals surface area contributed by atoms with Gasteiger partial charge in [-0.15, -0.1) is 0 Å². The lowest BCUT2D eigenvalue weighted by Crippen LogP contribution is -2.14. The van der Waals surface area contributed by atoms with Gasteiger partial charge in [-0.05, 0) is 12.0 Å². The highest BCUT2D eigenvalue weighted by molar-refractivity contribution is 5.79. The zero-order chi connectivity index (χ0) is 12.5. The summed E-state index contributed by atoms with van der Waals surface area (Å²) in [6.45, 7) is 0.638. The molecule has 1 rings (SSSR count). The first-order valence-electron chi connectivity index (χ1n) is 5.37. The lowest BCUT2D eigenvalue weighted by atomic mass is 10.2. The van der Waals surface area contributed by atoms with Crippen molar-refractivity contribution in [2.45, 2.75) is 19.1 Å². The fourth-order valence-electron chi connectivity index (χ4n) is 1.28. The molecule has 1 atom stereocenters. The Kier molecular flexibility index (Phi) is 5.99. The van der Waals surface area contributed by atoms with Gasteiger partial charge in [-0.3, -0.25) is 0 Å². The molecular weight excluding hydrogens is 220 g/mol. The first kappa shape index (κ1) is 13.4. The number of aliphatic hydroxyl groups excluding tert-OH is 1. The van der Waals surface area contributed by atoms with E-state index in [4.69, 9.17) is 9.84 Å². The molecule has 1 aromatic rings. The summed E-state index contributed by atoms with van der Waals surface area (Å²) in [4.78, 5) is 10.2. The molecule has 4 nitrogen and oxygen atoms in total. The van der Waals surface area contributed by atoms with Crippen LogP contribution < -0.4 is 0 Å². The van der Waals surface area contributed by atoms with Crippen molar-refractivity contribution in [1.29, 1.82) is 0 Å². The predicted molar refractivity (Wildman–Crippen MR) is 63.5 cm³/mol. The average molecular weight is 236 g/mol. The smallest absolute Gasteiger partial charge is 0.327 e. The zero-order valence-electron chi connectivity index (χ0n) is 9.45. The van der Waals surface area contributed by atoms with E-state index in [9.17, 15) is 9.90 Å². The maximum Gasteiger partial charge on any atom is 0.327 e. The van der Waals surface area contributed by atoms with Crippen molar-refractivity contribution in [3.05, 3.63) is 48.0 Å². The number of carbonyl (C=O) groups is 1. The maximum atomic E-state index is 10.2. The molecule has 0 saturated carbocycles. The van der Waals surface area contributed by atoms with Gasteiger partial charge in [0.25, 0.3) is 0 Å². The Morgan fingerprint density at radius 2 is 2.06 bits per heavy atom. The molecule has 1 aromatic carbocycles. The third-order valence-electron chi connectivity index (χ3n) is 2.09. The minimum absolute atomic E-state index is 0.193. The number of ether oxygens (including phenoxy) is 1. The van der Waals surface area contributed by atoms with Crippen molar-refractivity contribution in [1.82, 2.24) is 0 Å². The Hall–Kier alpha value is -1.65. The lowest BCUT2D eigenvalue weighted by Gasteiger charge is -2.08. The van der Waals surface area contributed by atoms with Crippen LogP contribution in [0.2, 0.25) is 0 Å². The Balaban J connectivity index is 2.16. The van der Waals surface area contributed by atoms with E-state index in [1.807, 2.05) is 30.3 Å². The minimum atomic E-state index is -1.01. The standard InChI is InChI=1S/C13H16O4/c14-12(7-4-8-13(15)16)10-17-9-11-5-2-1-3-6-11/h1-6,8,12,14H,7,9-10H2,(H,15,16)/t12-/m0/s1. The minimum Gasteiger partial charge on any atom is -0.478 e. The van der Waals surface area contributed by atoms with Gasteiger partial charge in [0, 0.05) is 6.08 Å². The van der Waals surface area contributed by atoms with E-state index in [0.29, 0.717) is 6.61 Å². The van der Waals surface area contributed by atoms with Crippen LogP contribution in [0.3, 0.4) is 0 Å². The maximum absolute atomic E-state index is 10.2. The molecule has 0 aliphatic heterocycles. The predicted octanol–water partition coefficient (Wildman–Crippen LogP) is 1.59. The number of benzene rings is 1. The number of carboxylic acid groups (broad SMARTS) is 1. The molecule has 92 valence electrons. The molecular formula is C13H16O4. The summed E-state index contributed by atoms with van der Waals surface area (Å²) in [5.74, 6) is -1.01. The van der Waals surface area contributed by atoms with Gasteiger partial charge >= 0.3 is 5.97 Å². The quantitative estimate of drug-likeness (QED) is 0.705. The molecule has 17 heavy (non-hydrogen) atoms. The highest BCUT2D eigenvalue weighted by Crippen LogP contribution is 2.02. The Bertz CT molecular complexity index is 359. The zero-order valence-corrected chi connectivity index (χ0v) is 9.45. The monoisotopic (exact) mass is 236 g/mol. The van der Waals surface area contributed by atoms with Crippen LogP contribution in [0.15, 0.2) is 42.5 Å². The van der Waals surface area contributed by atoms with Gasteiger partial charge in [0.1, 0.15) is 0 Å².